The number of carbonyl (C=O) groups is 2. The number of rotatable bonds is 1. The highest BCUT2D eigenvalue weighted by Gasteiger charge is 2.48. The van der Waals surface area contributed by atoms with Crippen molar-refractivity contribution >= 4 is 11.8 Å². The van der Waals surface area contributed by atoms with Crippen LogP contribution in [-0.2, 0) is 4.79 Å². The number of hydrogen-bond acceptors (Lipinski definition) is 2. The Morgan fingerprint density at radius 1 is 1.10 bits per heavy atom. The zero-order valence-corrected chi connectivity index (χ0v) is 11.8. The van der Waals surface area contributed by atoms with Crippen molar-refractivity contribution < 1.29 is 9.59 Å². The molecule has 2 aliphatic rings. The quantitative estimate of drug-likeness (QED) is 0.825. The topological polar surface area (TPSA) is 58.2 Å². The lowest BCUT2D eigenvalue weighted by Gasteiger charge is -2.46. The number of carbonyl (C=O) groups excluding carboxylic acids is 2. The Morgan fingerprint density at radius 3 is 2.50 bits per heavy atom. The molecule has 4 nitrogen and oxygen atoms in total. The van der Waals surface area contributed by atoms with E-state index in [9.17, 15) is 9.59 Å². The first kappa shape index (κ1) is 13.2. The third kappa shape index (κ3) is 2.30. The molecule has 0 unspecified atom stereocenters. The Labute approximate surface area is 118 Å². The zero-order valence-electron chi connectivity index (χ0n) is 11.8. The van der Waals surface area contributed by atoms with Crippen LogP contribution in [0, 0.1) is 11.3 Å². The fraction of sp³-hybridized carbons (Fsp3) is 0.500. The largest absolute Gasteiger partial charge is 0.335 e. The van der Waals surface area contributed by atoms with Crippen molar-refractivity contribution in [2.24, 2.45) is 11.3 Å². The minimum Gasteiger partial charge on any atom is -0.335 e. The van der Waals surface area contributed by atoms with E-state index in [1.54, 1.807) is 0 Å². The minimum atomic E-state index is -0.210. The summed E-state index contributed by atoms with van der Waals surface area (Å²) in [5.74, 6) is 0.0794. The van der Waals surface area contributed by atoms with Crippen LogP contribution in [0.3, 0.4) is 0 Å². The third-order valence-corrected chi connectivity index (χ3v) is 4.35. The second kappa shape index (κ2) is 4.62. The SMILES string of the molecule is CC1(C)CC(=O)[C@@H]2[C@H](C1)NC(=O)N[C@@H]2c1ccccc1. The lowest BCUT2D eigenvalue weighted by molar-refractivity contribution is -0.130. The van der Waals surface area contributed by atoms with Gasteiger partial charge in [0.15, 0.2) is 0 Å². The van der Waals surface area contributed by atoms with Crippen molar-refractivity contribution in [3.8, 4) is 0 Å². The molecule has 1 aromatic carbocycles. The number of hydrogen-bond donors (Lipinski definition) is 2. The first-order valence-corrected chi connectivity index (χ1v) is 7.11. The van der Waals surface area contributed by atoms with E-state index in [2.05, 4.69) is 24.5 Å². The standard InChI is InChI=1S/C16H20N2O2/c1-16(2)8-11-13(12(19)9-16)14(18-15(20)17-11)10-6-4-3-5-7-10/h3-7,11,13-14H,8-9H2,1-2H3,(H2,17,18,20)/t11-,13-,14+/m0/s1. The van der Waals surface area contributed by atoms with Gasteiger partial charge in [0.1, 0.15) is 5.78 Å². The fourth-order valence-corrected chi connectivity index (χ4v) is 3.56. The number of urea groups is 1. The summed E-state index contributed by atoms with van der Waals surface area (Å²) in [5.41, 5.74) is 0.967. The molecule has 0 spiro atoms. The van der Waals surface area contributed by atoms with Gasteiger partial charge in [0.25, 0.3) is 0 Å². The van der Waals surface area contributed by atoms with Crippen LogP contribution in [0.5, 0.6) is 0 Å². The second-order valence-electron chi connectivity index (χ2n) is 6.65. The molecule has 1 aliphatic carbocycles. The van der Waals surface area contributed by atoms with Gasteiger partial charge in [-0.05, 0) is 17.4 Å². The van der Waals surface area contributed by atoms with Crippen LogP contribution in [0.4, 0.5) is 4.79 Å². The van der Waals surface area contributed by atoms with Gasteiger partial charge in [-0.25, -0.2) is 4.79 Å². The molecule has 3 atom stereocenters. The van der Waals surface area contributed by atoms with E-state index in [4.69, 9.17) is 0 Å². The van der Waals surface area contributed by atoms with E-state index in [0.29, 0.717) is 6.42 Å². The molecule has 2 fully saturated rings. The molecule has 1 heterocycles. The number of nitrogens with one attached hydrogen (secondary N) is 2. The highest BCUT2D eigenvalue weighted by Crippen LogP contribution is 2.42. The predicted molar refractivity (Wildman–Crippen MR) is 76.2 cm³/mol. The zero-order chi connectivity index (χ0) is 14.3. The van der Waals surface area contributed by atoms with Crippen molar-refractivity contribution in [3.05, 3.63) is 35.9 Å². The summed E-state index contributed by atoms with van der Waals surface area (Å²) in [4.78, 5) is 24.4. The summed E-state index contributed by atoms with van der Waals surface area (Å²) in [7, 11) is 0. The van der Waals surface area contributed by atoms with E-state index < -0.39 is 0 Å². The molecule has 1 aromatic rings. The van der Waals surface area contributed by atoms with Gasteiger partial charge in [-0.15, -0.1) is 0 Å². The molecule has 0 aromatic heterocycles. The molecule has 0 radical (unpaired) electrons. The summed E-state index contributed by atoms with van der Waals surface area (Å²) >= 11 is 0. The average molecular weight is 272 g/mol. The monoisotopic (exact) mass is 272 g/mol. The fourth-order valence-electron chi connectivity index (χ4n) is 3.56. The molecule has 1 saturated carbocycles. The predicted octanol–water partition coefficient (Wildman–Crippen LogP) is 2.41. The van der Waals surface area contributed by atoms with Gasteiger partial charge < -0.3 is 10.6 Å². The van der Waals surface area contributed by atoms with Crippen molar-refractivity contribution in [1.29, 1.82) is 0 Å². The Bertz CT molecular complexity index is 539. The Hall–Kier alpha value is -1.84. The molecule has 4 heteroatoms. The maximum absolute atomic E-state index is 12.5. The van der Waals surface area contributed by atoms with E-state index in [-0.39, 0.29) is 35.2 Å². The van der Waals surface area contributed by atoms with Gasteiger partial charge in [0.05, 0.1) is 12.0 Å². The lowest BCUT2D eigenvalue weighted by atomic mass is 9.66. The normalized spacial score (nSPS) is 32.0. The molecule has 2 N–H and O–H groups in total. The van der Waals surface area contributed by atoms with Crippen LogP contribution in [-0.4, -0.2) is 17.9 Å². The van der Waals surface area contributed by atoms with E-state index in [1.165, 1.54) is 0 Å². The number of Topliss-reactive ketones (excluding diaryl/α,β-unsaturated/α-hetero) is 1. The van der Waals surface area contributed by atoms with Gasteiger partial charge in [0.2, 0.25) is 0 Å². The van der Waals surface area contributed by atoms with Crippen LogP contribution < -0.4 is 10.6 Å². The second-order valence-corrected chi connectivity index (χ2v) is 6.65. The van der Waals surface area contributed by atoms with Crippen molar-refractivity contribution in [2.45, 2.75) is 38.8 Å². The Morgan fingerprint density at radius 2 is 1.80 bits per heavy atom. The van der Waals surface area contributed by atoms with Crippen LogP contribution in [0.2, 0.25) is 0 Å². The van der Waals surface area contributed by atoms with Gasteiger partial charge in [-0.1, -0.05) is 44.2 Å². The molecule has 1 saturated heterocycles. The smallest absolute Gasteiger partial charge is 0.315 e. The number of fused-ring (bicyclic) bond motifs is 1. The molecule has 0 bridgehead atoms. The van der Waals surface area contributed by atoms with Gasteiger partial charge in [0, 0.05) is 12.5 Å². The van der Waals surface area contributed by atoms with E-state index in [0.717, 1.165) is 12.0 Å². The summed E-state index contributed by atoms with van der Waals surface area (Å²) in [5, 5.41) is 5.85. The first-order valence-electron chi connectivity index (χ1n) is 7.11. The summed E-state index contributed by atoms with van der Waals surface area (Å²) < 4.78 is 0. The highest BCUT2D eigenvalue weighted by molar-refractivity contribution is 5.88. The summed E-state index contributed by atoms with van der Waals surface area (Å²) in [6.07, 6.45) is 1.43. The van der Waals surface area contributed by atoms with Crippen LogP contribution in [0.1, 0.15) is 38.3 Å². The van der Waals surface area contributed by atoms with Crippen molar-refractivity contribution in [3.63, 3.8) is 0 Å². The van der Waals surface area contributed by atoms with E-state index in [1.807, 2.05) is 30.3 Å². The van der Waals surface area contributed by atoms with Gasteiger partial charge >= 0.3 is 6.03 Å². The maximum atomic E-state index is 12.5. The molecule has 3 rings (SSSR count). The van der Waals surface area contributed by atoms with Gasteiger partial charge in [-0.3, -0.25) is 4.79 Å². The summed E-state index contributed by atoms with van der Waals surface area (Å²) in [6.45, 7) is 4.18. The molecule has 20 heavy (non-hydrogen) atoms. The van der Waals surface area contributed by atoms with Crippen LogP contribution in [0.15, 0.2) is 30.3 Å². The highest BCUT2D eigenvalue weighted by atomic mass is 16.2. The minimum absolute atomic E-state index is 0.0376. The molecule has 2 amide bonds. The number of benzene rings is 1. The lowest BCUT2D eigenvalue weighted by Crippen LogP contribution is -2.61. The molecule has 1 aliphatic heterocycles. The maximum Gasteiger partial charge on any atom is 0.315 e. The molecular formula is C16H20N2O2. The average Bonchev–Trinajstić information content (AvgIpc) is 2.36. The molecule has 106 valence electrons. The van der Waals surface area contributed by atoms with Crippen LogP contribution >= 0.6 is 0 Å². The third-order valence-electron chi connectivity index (χ3n) is 4.35. The van der Waals surface area contributed by atoms with Crippen molar-refractivity contribution in [1.82, 2.24) is 10.6 Å². The van der Waals surface area contributed by atoms with Gasteiger partial charge in [-0.2, -0.15) is 0 Å². The molecular weight excluding hydrogens is 252 g/mol. The first-order chi connectivity index (χ1) is 9.46. The number of amides is 2. The van der Waals surface area contributed by atoms with E-state index >= 15 is 0 Å². The summed E-state index contributed by atoms with van der Waals surface area (Å²) in [6, 6.07) is 9.32. The Kier molecular flexibility index (Phi) is 3.04. The van der Waals surface area contributed by atoms with Crippen molar-refractivity contribution in [2.75, 3.05) is 0 Å². The number of ketones is 1. The van der Waals surface area contributed by atoms with Crippen LogP contribution in [0.25, 0.3) is 0 Å². The Balaban J connectivity index is 1.95.